The van der Waals surface area contributed by atoms with E-state index in [9.17, 15) is 5.11 Å². The molecule has 15 heavy (non-hydrogen) atoms. The van der Waals surface area contributed by atoms with E-state index in [1.807, 2.05) is 13.8 Å². The van der Waals surface area contributed by atoms with Gasteiger partial charge in [-0.25, -0.2) is 0 Å². The summed E-state index contributed by atoms with van der Waals surface area (Å²) in [6, 6.07) is 0. The molecule has 0 aromatic heterocycles. The van der Waals surface area contributed by atoms with Crippen molar-refractivity contribution in [2.45, 2.75) is 53.6 Å². The number of hydrogen-bond acceptors (Lipinski definition) is 1. The topological polar surface area (TPSA) is 20.2 Å². The highest BCUT2D eigenvalue weighted by Gasteiger charge is 2.33. The fourth-order valence-electron chi connectivity index (χ4n) is 2.09. The van der Waals surface area contributed by atoms with E-state index in [-0.39, 0.29) is 6.10 Å². The Morgan fingerprint density at radius 3 is 2.67 bits per heavy atom. The second-order valence-electron chi connectivity index (χ2n) is 5.40. The van der Waals surface area contributed by atoms with Gasteiger partial charge in [0.25, 0.3) is 0 Å². The molecule has 2 atom stereocenters. The van der Waals surface area contributed by atoms with Gasteiger partial charge in [0, 0.05) is 0 Å². The summed E-state index contributed by atoms with van der Waals surface area (Å²) in [7, 11) is 0. The molecule has 0 saturated heterocycles. The van der Waals surface area contributed by atoms with Crippen LogP contribution in [-0.4, -0.2) is 11.2 Å². The molecule has 0 aromatic rings. The third-order valence-electron chi connectivity index (χ3n) is 4.13. The van der Waals surface area contributed by atoms with Crippen molar-refractivity contribution >= 4 is 0 Å². The van der Waals surface area contributed by atoms with Gasteiger partial charge < -0.3 is 5.11 Å². The summed E-state index contributed by atoms with van der Waals surface area (Å²) in [6.45, 7) is 10.7. The Bertz CT molecular complexity index is 282. The molecule has 0 aromatic carbocycles. The first-order chi connectivity index (χ1) is 6.85. The van der Waals surface area contributed by atoms with Crippen LogP contribution >= 0.6 is 0 Å². The predicted molar refractivity (Wildman–Crippen MR) is 65.7 cm³/mol. The summed E-state index contributed by atoms with van der Waals surface area (Å²) >= 11 is 0. The van der Waals surface area contributed by atoms with Crippen LogP contribution in [0.2, 0.25) is 0 Å². The Kier molecular flexibility index (Phi) is 3.77. The number of allylic oxidation sites excluding steroid dienone is 3. The van der Waals surface area contributed by atoms with Gasteiger partial charge in [-0.3, -0.25) is 0 Å². The highest BCUT2D eigenvalue weighted by Crippen LogP contribution is 2.44. The van der Waals surface area contributed by atoms with E-state index in [0.29, 0.717) is 11.3 Å². The number of aliphatic hydroxyl groups excluding tert-OH is 1. The molecule has 0 fully saturated rings. The van der Waals surface area contributed by atoms with Crippen molar-refractivity contribution < 1.29 is 5.11 Å². The third kappa shape index (κ3) is 2.72. The summed E-state index contributed by atoms with van der Waals surface area (Å²) in [4.78, 5) is 0. The average molecular weight is 208 g/mol. The van der Waals surface area contributed by atoms with E-state index < -0.39 is 0 Å². The van der Waals surface area contributed by atoms with Crippen molar-refractivity contribution in [3.05, 3.63) is 23.3 Å². The van der Waals surface area contributed by atoms with Gasteiger partial charge in [-0.1, -0.05) is 31.6 Å². The summed E-state index contributed by atoms with van der Waals surface area (Å²) < 4.78 is 0. The maximum absolute atomic E-state index is 9.40. The SMILES string of the molecule is CC(=CCC1CC=C(C)C1(C)C)C(C)O. The highest BCUT2D eigenvalue weighted by atomic mass is 16.3. The molecular formula is C14H24O. The molecule has 86 valence electrons. The molecule has 1 aliphatic rings. The summed E-state index contributed by atoms with van der Waals surface area (Å²) in [5, 5.41) is 9.40. The first-order valence-electron chi connectivity index (χ1n) is 5.87. The molecule has 0 bridgehead atoms. The number of aliphatic hydroxyl groups is 1. The molecular weight excluding hydrogens is 184 g/mol. The normalized spacial score (nSPS) is 27.7. The molecule has 1 N–H and O–H groups in total. The van der Waals surface area contributed by atoms with E-state index in [1.165, 1.54) is 12.0 Å². The summed E-state index contributed by atoms with van der Waals surface area (Å²) in [5.41, 5.74) is 2.93. The molecule has 2 unspecified atom stereocenters. The van der Waals surface area contributed by atoms with Gasteiger partial charge in [-0.15, -0.1) is 0 Å². The van der Waals surface area contributed by atoms with Crippen molar-refractivity contribution in [3.8, 4) is 0 Å². The van der Waals surface area contributed by atoms with Crippen molar-refractivity contribution in [1.29, 1.82) is 0 Å². The van der Waals surface area contributed by atoms with Crippen molar-refractivity contribution in [2.24, 2.45) is 11.3 Å². The lowest BCUT2D eigenvalue weighted by atomic mass is 9.76. The molecule has 1 aliphatic carbocycles. The van der Waals surface area contributed by atoms with Crippen molar-refractivity contribution in [3.63, 3.8) is 0 Å². The second-order valence-corrected chi connectivity index (χ2v) is 5.40. The maximum atomic E-state index is 9.40. The molecule has 1 rings (SSSR count). The zero-order chi connectivity index (χ0) is 11.6. The van der Waals surface area contributed by atoms with Crippen LogP contribution in [0, 0.1) is 11.3 Å². The van der Waals surface area contributed by atoms with Crippen molar-refractivity contribution in [2.75, 3.05) is 0 Å². The van der Waals surface area contributed by atoms with Gasteiger partial charge in [-0.05, 0) is 50.5 Å². The van der Waals surface area contributed by atoms with Crippen molar-refractivity contribution in [1.82, 2.24) is 0 Å². The van der Waals surface area contributed by atoms with Crippen LogP contribution in [0.25, 0.3) is 0 Å². The summed E-state index contributed by atoms with van der Waals surface area (Å²) in [5.74, 6) is 0.700. The van der Waals surface area contributed by atoms with E-state index in [4.69, 9.17) is 0 Å². The smallest absolute Gasteiger partial charge is 0.0719 e. The fourth-order valence-corrected chi connectivity index (χ4v) is 2.09. The lowest BCUT2D eigenvalue weighted by Gasteiger charge is -2.29. The predicted octanol–water partition coefficient (Wildman–Crippen LogP) is 3.70. The largest absolute Gasteiger partial charge is 0.389 e. The second kappa shape index (κ2) is 4.52. The van der Waals surface area contributed by atoms with Crippen LogP contribution in [0.1, 0.15) is 47.5 Å². The zero-order valence-corrected chi connectivity index (χ0v) is 10.7. The van der Waals surface area contributed by atoms with Gasteiger partial charge >= 0.3 is 0 Å². The molecule has 0 heterocycles. The molecule has 1 nitrogen and oxygen atoms in total. The fraction of sp³-hybridized carbons (Fsp3) is 0.714. The van der Waals surface area contributed by atoms with E-state index in [2.05, 4.69) is 32.9 Å². The van der Waals surface area contributed by atoms with Gasteiger partial charge in [0.2, 0.25) is 0 Å². The standard InChI is InChI=1S/C14H24O/c1-10(12(3)15)6-8-13-9-7-11(2)14(13,4)5/h6-7,12-13,15H,8-9H2,1-5H3. The first kappa shape index (κ1) is 12.5. The highest BCUT2D eigenvalue weighted by molar-refractivity contribution is 5.19. The first-order valence-corrected chi connectivity index (χ1v) is 5.87. The van der Waals surface area contributed by atoms with Crippen LogP contribution in [0.15, 0.2) is 23.3 Å². The summed E-state index contributed by atoms with van der Waals surface area (Å²) in [6.07, 6.45) is 6.52. The van der Waals surface area contributed by atoms with E-state index in [0.717, 1.165) is 12.0 Å². The van der Waals surface area contributed by atoms with Crippen LogP contribution in [0.5, 0.6) is 0 Å². The van der Waals surface area contributed by atoms with E-state index in [1.54, 1.807) is 0 Å². The lowest BCUT2D eigenvalue weighted by Crippen LogP contribution is -2.20. The lowest BCUT2D eigenvalue weighted by molar-refractivity contribution is 0.229. The molecule has 0 amide bonds. The third-order valence-corrected chi connectivity index (χ3v) is 4.13. The Balaban J connectivity index is 2.60. The van der Waals surface area contributed by atoms with Crippen LogP contribution in [-0.2, 0) is 0 Å². The average Bonchev–Trinajstić information content (AvgIpc) is 2.39. The maximum Gasteiger partial charge on any atom is 0.0719 e. The zero-order valence-electron chi connectivity index (χ0n) is 10.7. The minimum atomic E-state index is -0.302. The van der Waals surface area contributed by atoms with E-state index >= 15 is 0 Å². The molecule has 0 radical (unpaired) electrons. The Hall–Kier alpha value is -0.560. The molecule has 0 saturated carbocycles. The molecule has 0 spiro atoms. The number of rotatable bonds is 3. The van der Waals surface area contributed by atoms with Crippen LogP contribution < -0.4 is 0 Å². The van der Waals surface area contributed by atoms with Crippen LogP contribution in [0.3, 0.4) is 0 Å². The Morgan fingerprint density at radius 2 is 2.27 bits per heavy atom. The molecule has 0 aliphatic heterocycles. The van der Waals surface area contributed by atoms with Gasteiger partial charge in [-0.2, -0.15) is 0 Å². The van der Waals surface area contributed by atoms with Gasteiger partial charge in [0.1, 0.15) is 0 Å². The monoisotopic (exact) mass is 208 g/mol. The Labute approximate surface area is 93.9 Å². The van der Waals surface area contributed by atoms with Crippen LogP contribution in [0.4, 0.5) is 0 Å². The number of hydrogen-bond donors (Lipinski definition) is 1. The molecule has 1 heteroatoms. The minimum Gasteiger partial charge on any atom is -0.389 e. The minimum absolute atomic E-state index is 0.302. The van der Waals surface area contributed by atoms with Gasteiger partial charge in [0.15, 0.2) is 0 Å². The Morgan fingerprint density at radius 1 is 1.67 bits per heavy atom. The van der Waals surface area contributed by atoms with Gasteiger partial charge in [0.05, 0.1) is 6.10 Å². The quantitative estimate of drug-likeness (QED) is 0.701.